The number of nitrogens with zero attached hydrogens (tertiary/aromatic N) is 1. The van der Waals surface area contributed by atoms with Gasteiger partial charge in [0.05, 0.1) is 12.0 Å². The molecule has 0 heterocycles. The molecule has 0 spiro atoms. The molecule has 0 unspecified atom stereocenters. The van der Waals surface area contributed by atoms with E-state index in [9.17, 15) is 10.1 Å². The maximum absolute atomic E-state index is 11.2. The van der Waals surface area contributed by atoms with Crippen molar-refractivity contribution in [3.05, 3.63) is 52.6 Å². The zero-order valence-corrected chi connectivity index (χ0v) is 11.1. The van der Waals surface area contributed by atoms with Crippen molar-refractivity contribution in [3.63, 3.8) is 0 Å². The van der Waals surface area contributed by atoms with Gasteiger partial charge in [0, 0.05) is 7.05 Å². The topological polar surface area (TPSA) is 73.6 Å². The first-order valence-corrected chi connectivity index (χ1v) is 5.92. The van der Waals surface area contributed by atoms with E-state index in [0.29, 0.717) is 17.2 Å². The number of rotatable bonds is 5. The molecule has 0 saturated heterocycles. The molecule has 0 aliphatic carbocycles. The summed E-state index contributed by atoms with van der Waals surface area (Å²) in [5, 5.41) is 13.9. The zero-order chi connectivity index (χ0) is 14.5. The normalized spacial score (nSPS) is 9.90. The van der Waals surface area contributed by atoms with E-state index in [1.54, 1.807) is 56.6 Å². The summed E-state index contributed by atoms with van der Waals surface area (Å²) in [5.41, 5.74) is 0.312. The summed E-state index contributed by atoms with van der Waals surface area (Å²) in [4.78, 5) is 10.7. The van der Waals surface area contributed by atoms with Gasteiger partial charge in [-0.3, -0.25) is 10.1 Å². The van der Waals surface area contributed by atoms with Crippen LogP contribution in [0.1, 0.15) is 0 Å². The van der Waals surface area contributed by atoms with Crippen molar-refractivity contribution in [3.8, 4) is 17.2 Å². The molecule has 1 N–H and O–H groups in total. The van der Waals surface area contributed by atoms with Gasteiger partial charge in [0.15, 0.2) is 0 Å². The molecule has 0 aliphatic rings. The smallest absolute Gasteiger partial charge is 0.334 e. The number of anilines is 1. The largest absolute Gasteiger partial charge is 0.497 e. The van der Waals surface area contributed by atoms with Crippen LogP contribution in [-0.2, 0) is 0 Å². The standard InChI is InChI=1S/C14H14N2O4/c1-15-12-4-3-5-13(14(12)16(17)18)20-11-8-6-10(19-2)7-9-11/h3-9,15H,1-2H3. The molecule has 6 heteroatoms. The molecule has 0 amide bonds. The van der Waals surface area contributed by atoms with Crippen molar-refractivity contribution in [1.29, 1.82) is 0 Å². The van der Waals surface area contributed by atoms with Crippen LogP contribution in [0.3, 0.4) is 0 Å². The van der Waals surface area contributed by atoms with Crippen LogP contribution < -0.4 is 14.8 Å². The van der Waals surface area contributed by atoms with E-state index in [1.807, 2.05) is 0 Å². The number of nitro groups is 1. The number of ether oxygens (including phenoxy) is 2. The van der Waals surface area contributed by atoms with Gasteiger partial charge in [-0.2, -0.15) is 0 Å². The maximum atomic E-state index is 11.2. The van der Waals surface area contributed by atoms with E-state index >= 15 is 0 Å². The highest BCUT2D eigenvalue weighted by Crippen LogP contribution is 2.37. The summed E-state index contributed by atoms with van der Waals surface area (Å²) in [5.74, 6) is 1.38. The predicted octanol–water partition coefficient (Wildman–Crippen LogP) is 3.44. The van der Waals surface area contributed by atoms with E-state index < -0.39 is 4.92 Å². The Kier molecular flexibility index (Phi) is 4.05. The molecule has 0 bridgehead atoms. The van der Waals surface area contributed by atoms with Gasteiger partial charge in [-0.05, 0) is 36.4 Å². The first-order chi connectivity index (χ1) is 9.65. The minimum absolute atomic E-state index is 0.0918. The Morgan fingerprint density at radius 3 is 2.30 bits per heavy atom. The summed E-state index contributed by atoms with van der Waals surface area (Å²) >= 11 is 0. The lowest BCUT2D eigenvalue weighted by atomic mass is 10.2. The van der Waals surface area contributed by atoms with E-state index in [2.05, 4.69) is 5.32 Å². The van der Waals surface area contributed by atoms with E-state index in [0.717, 1.165) is 0 Å². The Labute approximate surface area is 116 Å². The predicted molar refractivity (Wildman–Crippen MR) is 75.7 cm³/mol. The van der Waals surface area contributed by atoms with Gasteiger partial charge in [-0.25, -0.2) is 0 Å². The molecule has 2 aromatic carbocycles. The van der Waals surface area contributed by atoms with Crippen LogP contribution >= 0.6 is 0 Å². The first-order valence-electron chi connectivity index (χ1n) is 5.92. The van der Waals surface area contributed by atoms with Crippen molar-refractivity contribution in [2.75, 3.05) is 19.5 Å². The molecule has 0 aliphatic heterocycles. The number of methoxy groups -OCH3 is 1. The summed E-state index contributed by atoms with van der Waals surface area (Å²) in [6.07, 6.45) is 0. The highest BCUT2D eigenvalue weighted by atomic mass is 16.6. The Balaban J connectivity index is 2.34. The van der Waals surface area contributed by atoms with Crippen molar-refractivity contribution < 1.29 is 14.4 Å². The molecule has 2 rings (SSSR count). The average Bonchev–Trinajstić information content (AvgIpc) is 2.47. The van der Waals surface area contributed by atoms with Crippen LogP contribution in [0.4, 0.5) is 11.4 Å². The Morgan fingerprint density at radius 1 is 1.10 bits per heavy atom. The quantitative estimate of drug-likeness (QED) is 0.667. The van der Waals surface area contributed by atoms with Crippen LogP contribution in [0.25, 0.3) is 0 Å². The number of para-hydroxylation sites is 1. The Bertz CT molecular complexity index is 611. The van der Waals surface area contributed by atoms with Crippen LogP contribution in [0.2, 0.25) is 0 Å². The van der Waals surface area contributed by atoms with Gasteiger partial charge in [-0.15, -0.1) is 0 Å². The lowest BCUT2D eigenvalue weighted by Gasteiger charge is -2.09. The maximum Gasteiger partial charge on any atom is 0.334 e. The third kappa shape index (κ3) is 2.80. The van der Waals surface area contributed by atoms with Crippen molar-refractivity contribution >= 4 is 11.4 Å². The number of hydrogen-bond donors (Lipinski definition) is 1. The van der Waals surface area contributed by atoms with Crippen LogP contribution in [0.15, 0.2) is 42.5 Å². The second kappa shape index (κ2) is 5.92. The Hall–Kier alpha value is -2.76. The molecule has 0 radical (unpaired) electrons. The van der Waals surface area contributed by atoms with E-state index in [4.69, 9.17) is 9.47 Å². The zero-order valence-electron chi connectivity index (χ0n) is 11.1. The molecule has 0 aromatic heterocycles. The van der Waals surface area contributed by atoms with Crippen molar-refractivity contribution in [2.24, 2.45) is 0 Å². The molecule has 0 atom stereocenters. The third-order valence-electron chi connectivity index (χ3n) is 2.74. The second-order valence-corrected chi connectivity index (χ2v) is 3.94. The summed E-state index contributed by atoms with van der Waals surface area (Å²) in [6, 6.07) is 11.7. The lowest BCUT2D eigenvalue weighted by Crippen LogP contribution is -1.99. The molecule has 0 fully saturated rings. The fraction of sp³-hybridized carbons (Fsp3) is 0.143. The van der Waals surface area contributed by atoms with E-state index in [-0.39, 0.29) is 11.4 Å². The fourth-order valence-corrected chi connectivity index (χ4v) is 1.77. The highest BCUT2D eigenvalue weighted by Gasteiger charge is 2.20. The summed E-state index contributed by atoms with van der Waals surface area (Å²) in [6.45, 7) is 0. The van der Waals surface area contributed by atoms with Crippen LogP contribution in [-0.4, -0.2) is 19.1 Å². The van der Waals surface area contributed by atoms with Gasteiger partial charge >= 0.3 is 5.69 Å². The minimum Gasteiger partial charge on any atom is -0.497 e. The Morgan fingerprint density at radius 2 is 1.75 bits per heavy atom. The molecule has 20 heavy (non-hydrogen) atoms. The second-order valence-electron chi connectivity index (χ2n) is 3.94. The highest BCUT2D eigenvalue weighted by molar-refractivity contribution is 5.68. The number of hydrogen-bond acceptors (Lipinski definition) is 5. The summed E-state index contributed by atoms with van der Waals surface area (Å²) < 4.78 is 10.6. The number of benzene rings is 2. The molecule has 6 nitrogen and oxygen atoms in total. The van der Waals surface area contributed by atoms with Gasteiger partial charge in [0.2, 0.25) is 5.75 Å². The van der Waals surface area contributed by atoms with Gasteiger partial charge < -0.3 is 14.8 Å². The third-order valence-corrected chi connectivity index (χ3v) is 2.74. The monoisotopic (exact) mass is 274 g/mol. The van der Waals surface area contributed by atoms with Gasteiger partial charge in [0.1, 0.15) is 17.2 Å². The van der Waals surface area contributed by atoms with Crippen LogP contribution in [0.5, 0.6) is 17.2 Å². The van der Waals surface area contributed by atoms with Gasteiger partial charge in [-0.1, -0.05) is 6.07 Å². The molecule has 104 valence electrons. The molecule has 2 aromatic rings. The summed E-state index contributed by atoms with van der Waals surface area (Å²) in [7, 11) is 3.19. The van der Waals surface area contributed by atoms with Crippen LogP contribution in [0, 0.1) is 10.1 Å². The lowest BCUT2D eigenvalue weighted by molar-refractivity contribution is -0.384. The average molecular weight is 274 g/mol. The van der Waals surface area contributed by atoms with Crippen molar-refractivity contribution in [1.82, 2.24) is 0 Å². The van der Waals surface area contributed by atoms with Crippen molar-refractivity contribution in [2.45, 2.75) is 0 Å². The molecular formula is C14H14N2O4. The molecule has 0 saturated carbocycles. The SMILES string of the molecule is CNc1cccc(Oc2ccc(OC)cc2)c1[N+](=O)[O-]. The number of nitro benzene ring substituents is 1. The minimum atomic E-state index is -0.468. The molecular weight excluding hydrogens is 260 g/mol. The van der Waals surface area contributed by atoms with Gasteiger partial charge in [0.25, 0.3) is 0 Å². The van der Waals surface area contributed by atoms with E-state index in [1.165, 1.54) is 0 Å². The number of nitrogens with one attached hydrogen (secondary N) is 1. The first kappa shape index (κ1) is 13.7. The fourth-order valence-electron chi connectivity index (χ4n) is 1.77.